The molecule has 8 heteroatoms. The van der Waals surface area contributed by atoms with Crippen molar-refractivity contribution >= 4 is 23.9 Å². The topological polar surface area (TPSA) is 102 Å². The molecule has 0 aromatic heterocycles. The van der Waals surface area contributed by atoms with Gasteiger partial charge in [0.15, 0.2) is 0 Å². The molecule has 0 aromatic rings. The van der Waals surface area contributed by atoms with Crippen LogP contribution in [0.3, 0.4) is 0 Å². The first-order valence-corrected chi connectivity index (χ1v) is 7.01. The van der Waals surface area contributed by atoms with Crippen LogP contribution >= 0.6 is 0 Å². The average Bonchev–Trinajstić information content (AvgIpc) is 2.75. The van der Waals surface area contributed by atoms with E-state index in [1.807, 2.05) is 0 Å². The Morgan fingerprint density at radius 2 is 1.81 bits per heavy atom. The SMILES string of the molecule is CCOC(=O)NCCCCCC(=O)ON1C(=O)CCC1=O. The van der Waals surface area contributed by atoms with Crippen molar-refractivity contribution in [3.8, 4) is 0 Å². The van der Waals surface area contributed by atoms with Crippen molar-refractivity contribution in [1.82, 2.24) is 10.4 Å². The van der Waals surface area contributed by atoms with E-state index in [9.17, 15) is 19.2 Å². The number of nitrogens with zero attached hydrogens (tertiary/aromatic N) is 1. The van der Waals surface area contributed by atoms with E-state index in [1.165, 1.54) is 0 Å². The van der Waals surface area contributed by atoms with Gasteiger partial charge in [-0.2, -0.15) is 0 Å². The molecule has 0 aliphatic carbocycles. The number of nitrogens with one attached hydrogen (secondary N) is 1. The van der Waals surface area contributed by atoms with E-state index >= 15 is 0 Å². The fourth-order valence-electron chi connectivity index (χ4n) is 1.75. The Bertz CT molecular complexity index is 393. The van der Waals surface area contributed by atoms with Crippen LogP contribution in [0.1, 0.15) is 45.4 Å². The second-order valence-electron chi connectivity index (χ2n) is 4.50. The lowest BCUT2D eigenvalue weighted by atomic mass is 10.2. The fourth-order valence-corrected chi connectivity index (χ4v) is 1.75. The Balaban J connectivity index is 2.05. The molecule has 0 unspecified atom stereocenters. The standard InChI is InChI=1S/C13H20N2O6/c1-2-20-13(19)14-9-5-3-4-6-12(18)21-15-10(16)7-8-11(15)17/h2-9H2,1H3,(H,14,19). The zero-order chi connectivity index (χ0) is 15.7. The summed E-state index contributed by atoms with van der Waals surface area (Å²) in [4.78, 5) is 49.6. The summed E-state index contributed by atoms with van der Waals surface area (Å²) in [6.07, 6.45) is 1.81. The summed E-state index contributed by atoms with van der Waals surface area (Å²) in [6.45, 7) is 2.52. The van der Waals surface area contributed by atoms with Gasteiger partial charge in [-0.05, 0) is 19.8 Å². The van der Waals surface area contributed by atoms with Crippen LogP contribution in [-0.4, -0.2) is 42.1 Å². The molecular weight excluding hydrogens is 280 g/mol. The lowest BCUT2D eigenvalue weighted by Crippen LogP contribution is -2.31. The monoisotopic (exact) mass is 300 g/mol. The first-order chi connectivity index (χ1) is 10.0. The second kappa shape index (κ2) is 8.93. The maximum absolute atomic E-state index is 11.5. The summed E-state index contributed by atoms with van der Waals surface area (Å²) in [5.74, 6) is -1.56. The minimum atomic E-state index is -0.600. The number of hydrogen-bond acceptors (Lipinski definition) is 6. The van der Waals surface area contributed by atoms with E-state index in [4.69, 9.17) is 4.84 Å². The van der Waals surface area contributed by atoms with Crippen molar-refractivity contribution in [3.63, 3.8) is 0 Å². The molecule has 1 N–H and O–H groups in total. The number of amides is 3. The zero-order valence-electron chi connectivity index (χ0n) is 12.1. The summed E-state index contributed by atoms with van der Waals surface area (Å²) in [5, 5.41) is 3.11. The molecule has 1 fully saturated rings. The molecule has 1 aliphatic rings. The number of imide groups is 1. The van der Waals surface area contributed by atoms with E-state index in [1.54, 1.807) is 6.92 Å². The Labute approximate surface area is 122 Å². The fraction of sp³-hybridized carbons (Fsp3) is 0.692. The van der Waals surface area contributed by atoms with Crippen molar-refractivity contribution in [2.75, 3.05) is 13.2 Å². The molecule has 8 nitrogen and oxygen atoms in total. The van der Waals surface area contributed by atoms with Crippen LogP contribution in [-0.2, 0) is 24.0 Å². The summed E-state index contributed by atoms with van der Waals surface area (Å²) >= 11 is 0. The van der Waals surface area contributed by atoms with Gasteiger partial charge in [-0.25, -0.2) is 9.59 Å². The van der Waals surface area contributed by atoms with Crippen LogP contribution < -0.4 is 5.32 Å². The second-order valence-corrected chi connectivity index (χ2v) is 4.50. The first-order valence-electron chi connectivity index (χ1n) is 7.01. The number of carbonyl (C=O) groups is 4. The molecule has 118 valence electrons. The molecule has 0 bridgehead atoms. The Kier molecular flexibility index (Phi) is 7.20. The van der Waals surface area contributed by atoms with Crippen LogP contribution in [0.25, 0.3) is 0 Å². The van der Waals surface area contributed by atoms with Crippen LogP contribution in [0.5, 0.6) is 0 Å². The van der Waals surface area contributed by atoms with Crippen molar-refractivity contribution in [2.45, 2.75) is 45.4 Å². The highest BCUT2D eigenvalue weighted by Crippen LogP contribution is 2.13. The first kappa shape index (κ1) is 16.9. The molecule has 0 saturated carbocycles. The van der Waals surface area contributed by atoms with Gasteiger partial charge in [-0.15, -0.1) is 5.06 Å². The van der Waals surface area contributed by atoms with Crippen LogP contribution in [0.4, 0.5) is 4.79 Å². The van der Waals surface area contributed by atoms with E-state index in [0.717, 1.165) is 0 Å². The molecule has 1 rings (SSSR count). The van der Waals surface area contributed by atoms with Gasteiger partial charge >= 0.3 is 12.1 Å². The molecule has 0 radical (unpaired) electrons. The van der Waals surface area contributed by atoms with Crippen LogP contribution in [0, 0.1) is 0 Å². The Morgan fingerprint density at radius 1 is 1.14 bits per heavy atom. The van der Waals surface area contributed by atoms with Crippen molar-refractivity contribution in [3.05, 3.63) is 0 Å². The van der Waals surface area contributed by atoms with E-state index < -0.39 is 23.9 Å². The molecule has 21 heavy (non-hydrogen) atoms. The van der Waals surface area contributed by atoms with Gasteiger partial charge in [-0.1, -0.05) is 6.42 Å². The maximum Gasteiger partial charge on any atom is 0.407 e. The molecule has 1 heterocycles. The summed E-state index contributed by atoms with van der Waals surface area (Å²) in [5.41, 5.74) is 0. The third-order valence-corrected chi connectivity index (χ3v) is 2.80. The zero-order valence-corrected chi connectivity index (χ0v) is 12.1. The molecule has 3 amide bonds. The summed E-state index contributed by atoms with van der Waals surface area (Å²) in [6, 6.07) is 0. The number of rotatable bonds is 8. The third kappa shape index (κ3) is 6.24. The van der Waals surface area contributed by atoms with Gasteiger partial charge in [0, 0.05) is 25.8 Å². The summed E-state index contributed by atoms with van der Waals surface area (Å²) < 4.78 is 4.69. The van der Waals surface area contributed by atoms with Crippen molar-refractivity contribution in [1.29, 1.82) is 0 Å². The Hall–Kier alpha value is -2.12. The minimum absolute atomic E-state index is 0.0889. The van der Waals surface area contributed by atoms with Gasteiger partial charge in [0.05, 0.1) is 6.61 Å². The number of hydroxylamine groups is 2. The highest BCUT2D eigenvalue weighted by molar-refractivity contribution is 6.01. The number of carbonyl (C=O) groups excluding carboxylic acids is 4. The number of ether oxygens (including phenoxy) is 1. The average molecular weight is 300 g/mol. The molecule has 1 saturated heterocycles. The van der Waals surface area contributed by atoms with Gasteiger partial charge in [0.25, 0.3) is 11.8 Å². The lowest BCUT2D eigenvalue weighted by molar-refractivity contribution is -0.197. The van der Waals surface area contributed by atoms with Crippen molar-refractivity contribution < 1.29 is 28.8 Å². The highest BCUT2D eigenvalue weighted by atomic mass is 16.7. The van der Waals surface area contributed by atoms with Gasteiger partial charge in [0.2, 0.25) is 0 Å². The van der Waals surface area contributed by atoms with Gasteiger partial charge in [0.1, 0.15) is 0 Å². The molecule has 0 atom stereocenters. The van der Waals surface area contributed by atoms with Crippen LogP contribution in [0.15, 0.2) is 0 Å². The van der Waals surface area contributed by atoms with E-state index in [0.29, 0.717) is 37.5 Å². The number of unbranched alkanes of at least 4 members (excludes halogenated alkanes) is 2. The smallest absolute Gasteiger partial charge is 0.407 e. The minimum Gasteiger partial charge on any atom is -0.450 e. The molecule has 0 spiro atoms. The van der Waals surface area contributed by atoms with Gasteiger partial charge in [-0.3, -0.25) is 9.59 Å². The molecular formula is C13H20N2O6. The largest absolute Gasteiger partial charge is 0.450 e. The van der Waals surface area contributed by atoms with Crippen molar-refractivity contribution in [2.24, 2.45) is 0 Å². The van der Waals surface area contributed by atoms with E-state index in [2.05, 4.69) is 10.1 Å². The predicted molar refractivity (Wildman–Crippen MR) is 70.7 cm³/mol. The maximum atomic E-state index is 11.5. The number of alkyl carbamates (subject to hydrolysis) is 1. The van der Waals surface area contributed by atoms with Gasteiger partial charge < -0.3 is 14.9 Å². The predicted octanol–water partition coefficient (Wildman–Crippen LogP) is 0.900. The molecule has 1 aliphatic heterocycles. The Morgan fingerprint density at radius 3 is 2.43 bits per heavy atom. The molecule has 0 aromatic carbocycles. The quantitative estimate of drug-likeness (QED) is 0.528. The lowest BCUT2D eigenvalue weighted by Gasteiger charge is -2.12. The van der Waals surface area contributed by atoms with Crippen LogP contribution in [0.2, 0.25) is 0 Å². The highest BCUT2D eigenvalue weighted by Gasteiger charge is 2.32. The summed E-state index contributed by atoms with van der Waals surface area (Å²) in [7, 11) is 0. The van der Waals surface area contributed by atoms with E-state index in [-0.39, 0.29) is 19.3 Å². The number of hydrogen-bond donors (Lipinski definition) is 1. The normalized spacial score (nSPS) is 14.2. The third-order valence-electron chi connectivity index (χ3n) is 2.80.